The molecular formula is C31H58N4O4S2. The lowest BCUT2D eigenvalue weighted by molar-refractivity contribution is 0.0954. The Kier molecular flexibility index (Phi) is 38.6. The van der Waals surface area contributed by atoms with Crippen molar-refractivity contribution in [3.05, 3.63) is 66.9 Å². The van der Waals surface area contributed by atoms with E-state index in [0.29, 0.717) is 10.8 Å². The highest BCUT2D eigenvalue weighted by molar-refractivity contribution is 7.17. The van der Waals surface area contributed by atoms with Gasteiger partial charge in [0, 0.05) is 26.5 Å². The van der Waals surface area contributed by atoms with Gasteiger partial charge in [0.1, 0.15) is 20.8 Å². The molecule has 4 N–H and O–H groups in total. The van der Waals surface area contributed by atoms with Crippen molar-refractivity contribution in [2.45, 2.75) is 91.5 Å². The monoisotopic (exact) mass is 614 g/mol. The zero-order valence-electron chi connectivity index (χ0n) is 24.9. The standard InChI is InChI=1S/2C9H8N2O2S.5C2H6.3CH4/c2*1-10-8(13)6-4-11-9-5(7(6)12)2-3-14-9;5*1-2;;;/h2*2-4H,1H3,(H,10,13)(H,11,12);5*1-2H3;3*1H4. The lowest BCUT2D eigenvalue weighted by Gasteiger charge is -1.98. The maximum Gasteiger partial charge on any atom is 0.256 e. The first-order valence-electron chi connectivity index (χ1n) is 13.1. The number of carbonyl (C=O) groups excluding carboxylic acids is 2. The van der Waals surface area contributed by atoms with Gasteiger partial charge in [-0.2, -0.15) is 0 Å². The number of rotatable bonds is 2. The second-order valence-corrected chi connectivity index (χ2v) is 7.38. The van der Waals surface area contributed by atoms with Gasteiger partial charge in [-0.1, -0.05) is 91.5 Å². The quantitative estimate of drug-likeness (QED) is 0.180. The van der Waals surface area contributed by atoms with Crippen LogP contribution in [0.25, 0.3) is 20.4 Å². The van der Waals surface area contributed by atoms with Gasteiger partial charge in [0.25, 0.3) is 11.8 Å². The Balaban J connectivity index is -0.000000108. The van der Waals surface area contributed by atoms with Gasteiger partial charge >= 0.3 is 0 Å². The summed E-state index contributed by atoms with van der Waals surface area (Å²) in [5.74, 6) is -0.723. The van der Waals surface area contributed by atoms with E-state index in [1.54, 1.807) is 12.1 Å². The zero-order valence-corrected chi connectivity index (χ0v) is 26.5. The molecule has 4 rings (SSSR count). The van der Waals surface area contributed by atoms with Crippen LogP contribution in [0.4, 0.5) is 0 Å². The number of aromatic nitrogens is 2. The lowest BCUT2D eigenvalue weighted by Crippen LogP contribution is -2.25. The number of aromatic amines is 2. The van der Waals surface area contributed by atoms with Gasteiger partial charge in [-0.25, -0.2) is 0 Å². The molecule has 0 aliphatic rings. The van der Waals surface area contributed by atoms with Crippen LogP contribution in [-0.4, -0.2) is 35.9 Å². The maximum atomic E-state index is 11.7. The van der Waals surface area contributed by atoms with Crippen molar-refractivity contribution < 1.29 is 9.59 Å². The van der Waals surface area contributed by atoms with Crippen LogP contribution in [0, 0.1) is 0 Å². The summed E-state index contributed by atoms with van der Waals surface area (Å²) in [5, 5.41) is 9.61. The predicted octanol–water partition coefficient (Wildman–Crippen LogP) is 8.94. The minimum atomic E-state index is -0.362. The fraction of sp³-hybridized carbons (Fsp3) is 0.484. The van der Waals surface area contributed by atoms with E-state index in [4.69, 9.17) is 0 Å². The van der Waals surface area contributed by atoms with E-state index in [1.165, 1.54) is 49.2 Å². The van der Waals surface area contributed by atoms with E-state index in [2.05, 4.69) is 20.6 Å². The number of H-pyrrole nitrogens is 2. The van der Waals surface area contributed by atoms with E-state index in [-0.39, 0.29) is 56.1 Å². The predicted molar refractivity (Wildman–Crippen MR) is 189 cm³/mol. The molecule has 4 aromatic heterocycles. The van der Waals surface area contributed by atoms with E-state index < -0.39 is 0 Å². The smallest absolute Gasteiger partial charge is 0.256 e. The Morgan fingerprint density at radius 2 is 0.854 bits per heavy atom. The first-order chi connectivity index (χ1) is 18.5. The van der Waals surface area contributed by atoms with Crippen LogP contribution in [0.2, 0.25) is 0 Å². The van der Waals surface area contributed by atoms with Gasteiger partial charge in [0.15, 0.2) is 0 Å². The Morgan fingerprint density at radius 3 is 1.10 bits per heavy atom. The van der Waals surface area contributed by atoms with Crippen molar-refractivity contribution in [2.24, 2.45) is 0 Å². The molecule has 0 fully saturated rings. The van der Waals surface area contributed by atoms with Gasteiger partial charge in [-0.15, -0.1) is 22.7 Å². The molecule has 0 atom stereocenters. The molecule has 0 spiro atoms. The van der Waals surface area contributed by atoms with Crippen LogP contribution < -0.4 is 21.5 Å². The van der Waals surface area contributed by atoms with Crippen molar-refractivity contribution in [3.8, 4) is 0 Å². The van der Waals surface area contributed by atoms with Crippen molar-refractivity contribution in [1.29, 1.82) is 0 Å². The maximum absolute atomic E-state index is 11.7. The Hall–Kier alpha value is -3.24. The first kappa shape index (κ1) is 50.6. The molecule has 0 saturated carbocycles. The van der Waals surface area contributed by atoms with E-state index >= 15 is 0 Å². The number of thiophene rings is 2. The molecule has 41 heavy (non-hydrogen) atoms. The van der Waals surface area contributed by atoms with Gasteiger partial charge < -0.3 is 20.6 Å². The number of nitrogens with one attached hydrogen (secondary N) is 4. The number of pyridine rings is 2. The molecule has 4 aromatic rings. The Morgan fingerprint density at radius 1 is 0.585 bits per heavy atom. The van der Waals surface area contributed by atoms with E-state index in [9.17, 15) is 19.2 Å². The van der Waals surface area contributed by atoms with Crippen LogP contribution >= 0.6 is 22.7 Å². The third kappa shape index (κ3) is 14.8. The van der Waals surface area contributed by atoms with Crippen LogP contribution in [0.1, 0.15) is 112 Å². The Bertz CT molecular complexity index is 1190. The highest BCUT2D eigenvalue weighted by atomic mass is 32.1. The summed E-state index contributed by atoms with van der Waals surface area (Å²) in [5.41, 5.74) is -0.143. The number of amides is 2. The summed E-state index contributed by atoms with van der Waals surface area (Å²) >= 11 is 2.88. The van der Waals surface area contributed by atoms with Crippen LogP contribution in [0.5, 0.6) is 0 Å². The second kappa shape index (κ2) is 31.3. The number of hydrogen-bond donors (Lipinski definition) is 4. The molecular weight excluding hydrogens is 556 g/mol. The molecule has 0 radical (unpaired) electrons. The van der Waals surface area contributed by atoms with Crippen molar-refractivity contribution >= 4 is 54.9 Å². The van der Waals surface area contributed by atoms with Crippen LogP contribution in [0.15, 0.2) is 44.9 Å². The highest BCUT2D eigenvalue weighted by Gasteiger charge is 2.12. The average Bonchev–Trinajstić information content (AvgIpc) is 3.69. The molecule has 0 unspecified atom stereocenters. The summed E-state index contributed by atoms with van der Waals surface area (Å²) in [6, 6.07) is 3.43. The lowest BCUT2D eigenvalue weighted by atomic mass is 10.2. The third-order valence-corrected chi connectivity index (χ3v) is 5.64. The van der Waals surface area contributed by atoms with E-state index in [0.717, 1.165) is 9.66 Å². The SMILES string of the molecule is C.C.C.CC.CC.CC.CC.CC.CNC(=O)c1c[nH]c2sccc2c1=O.CNC(=O)c1c[nH]c2sccc2c1=O. The second-order valence-electron chi connectivity index (χ2n) is 5.55. The van der Waals surface area contributed by atoms with Gasteiger partial charge in [0.05, 0.1) is 10.8 Å². The van der Waals surface area contributed by atoms with Crippen molar-refractivity contribution in [2.75, 3.05) is 14.1 Å². The Labute approximate surface area is 257 Å². The summed E-state index contributed by atoms with van der Waals surface area (Å²) in [4.78, 5) is 53.4. The summed E-state index contributed by atoms with van der Waals surface area (Å²) in [6.45, 7) is 20.0. The van der Waals surface area contributed by atoms with Crippen LogP contribution in [0.3, 0.4) is 0 Å². The molecule has 10 heteroatoms. The van der Waals surface area contributed by atoms with Crippen molar-refractivity contribution in [3.63, 3.8) is 0 Å². The largest absolute Gasteiger partial charge is 0.355 e. The first-order valence-corrected chi connectivity index (χ1v) is 14.9. The number of carbonyl (C=O) groups is 2. The fourth-order valence-electron chi connectivity index (χ4n) is 2.50. The molecule has 238 valence electrons. The summed E-state index contributed by atoms with van der Waals surface area (Å²) in [7, 11) is 3.00. The molecule has 0 aliphatic heterocycles. The minimum Gasteiger partial charge on any atom is -0.355 e. The molecule has 2 amide bonds. The normalized spacial score (nSPS) is 7.80. The average molecular weight is 615 g/mol. The van der Waals surface area contributed by atoms with Gasteiger partial charge in [0.2, 0.25) is 10.9 Å². The fourth-order valence-corrected chi connectivity index (χ4v) is 4.01. The number of fused-ring (bicyclic) bond motifs is 2. The molecule has 4 heterocycles. The molecule has 0 saturated heterocycles. The van der Waals surface area contributed by atoms with Gasteiger partial charge in [-0.05, 0) is 22.9 Å². The molecule has 8 nitrogen and oxygen atoms in total. The van der Waals surface area contributed by atoms with Crippen molar-refractivity contribution in [1.82, 2.24) is 20.6 Å². The highest BCUT2D eigenvalue weighted by Crippen LogP contribution is 2.15. The summed E-state index contributed by atoms with van der Waals surface area (Å²) in [6.07, 6.45) is 2.89. The molecule has 0 bridgehead atoms. The molecule has 0 aromatic carbocycles. The van der Waals surface area contributed by atoms with E-state index in [1.807, 2.05) is 80.0 Å². The van der Waals surface area contributed by atoms with Crippen LogP contribution in [-0.2, 0) is 0 Å². The molecule has 0 aliphatic carbocycles. The summed E-state index contributed by atoms with van der Waals surface area (Å²) < 4.78 is 0. The minimum absolute atomic E-state index is 0. The van der Waals surface area contributed by atoms with Gasteiger partial charge in [-0.3, -0.25) is 19.2 Å². The zero-order chi connectivity index (χ0) is 30.3. The topological polar surface area (TPSA) is 124 Å². The number of hydrogen-bond acceptors (Lipinski definition) is 6. The third-order valence-electron chi connectivity index (χ3n) is 3.95.